The van der Waals surface area contributed by atoms with Crippen LogP contribution in [0.25, 0.3) is 0 Å². The summed E-state index contributed by atoms with van der Waals surface area (Å²) in [6.07, 6.45) is -0.617. The van der Waals surface area contributed by atoms with Crippen LogP contribution >= 0.6 is 0 Å². The largest absolute Gasteiger partial charge is 0.507 e. The van der Waals surface area contributed by atoms with E-state index in [0.29, 0.717) is 0 Å². The Kier molecular flexibility index (Phi) is 7.46. The molecule has 0 saturated carbocycles. The number of hydrogen-bond acceptors (Lipinski definition) is 3. The molecule has 6 heteroatoms. The molecular weight excluding hydrogens is 236 g/mol. The first-order chi connectivity index (χ1) is 6.26. The predicted molar refractivity (Wildman–Crippen MR) is 52.3 cm³/mol. The number of hydrogen-bond donors (Lipinski definition) is 2. The smallest absolute Gasteiger partial charge is 0.408 e. The molecule has 2 N–H and O–H groups in total. The fourth-order valence-electron chi connectivity index (χ4n) is 0.703. The summed E-state index contributed by atoms with van der Waals surface area (Å²) in [6, 6.07) is -0.651. The van der Waals surface area contributed by atoms with Crippen LogP contribution in [-0.2, 0) is 26.9 Å². The number of ether oxygens (including phenoxy) is 1. The van der Waals surface area contributed by atoms with E-state index in [4.69, 9.17) is 4.74 Å². The normalized spacial score (nSPS) is 12.1. The molecule has 5 nitrogen and oxygen atoms in total. The van der Waals surface area contributed by atoms with Gasteiger partial charge in [-0.25, -0.2) is 4.79 Å². The minimum absolute atomic E-state index is 0. The van der Waals surface area contributed by atoms with Gasteiger partial charge < -0.3 is 15.4 Å². The van der Waals surface area contributed by atoms with Gasteiger partial charge in [-0.15, -0.1) is 0 Å². The van der Waals surface area contributed by atoms with Gasteiger partial charge in [-0.3, -0.25) is 11.8 Å². The molecule has 0 aliphatic rings. The third-order valence-corrected chi connectivity index (χ3v) is 1.30. The van der Waals surface area contributed by atoms with E-state index in [1.54, 1.807) is 27.7 Å². The topological polar surface area (TPSA) is 67.4 Å². The van der Waals surface area contributed by atoms with Crippen LogP contribution < -0.4 is 10.6 Å². The number of alkyl carbamates (subject to hydrolysis) is 1. The molecule has 1 unspecified atom stereocenters. The van der Waals surface area contributed by atoms with Crippen molar-refractivity contribution >= 4 is 12.0 Å². The van der Waals surface area contributed by atoms with Crippen molar-refractivity contribution in [3.8, 4) is 0 Å². The van der Waals surface area contributed by atoms with Gasteiger partial charge in [0, 0.05) is 17.4 Å². The molecule has 15 heavy (non-hydrogen) atoms. The van der Waals surface area contributed by atoms with Gasteiger partial charge in [0.15, 0.2) is 0 Å². The Morgan fingerprint density at radius 2 is 1.80 bits per heavy atom. The molecule has 0 aromatic carbocycles. The summed E-state index contributed by atoms with van der Waals surface area (Å²) in [5.74, 6) is -0.365. The van der Waals surface area contributed by atoms with Crippen LogP contribution in [0.15, 0.2) is 0 Å². The molecule has 0 aromatic heterocycles. The van der Waals surface area contributed by atoms with Gasteiger partial charge in [0.05, 0.1) is 0 Å². The van der Waals surface area contributed by atoms with Crippen LogP contribution in [0.5, 0.6) is 0 Å². The van der Waals surface area contributed by atoms with Gasteiger partial charge in [0.1, 0.15) is 11.6 Å². The Morgan fingerprint density at radius 1 is 1.33 bits per heavy atom. The summed E-state index contributed by atoms with van der Waals surface area (Å²) >= 11 is 0. The van der Waals surface area contributed by atoms with E-state index in [9.17, 15) is 9.59 Å². The molecule has 0 radical (unpaired) electrons. The van der Waals surface area contributed by atoms with Gasteiger partial charge in [0.25, 0.3) is 0 Å². The van der Waals surface area contributed by atoms with Crippen LogP contribution in [0, 0.1) is 7.05 Å². The second kappa shape index (κ2) is 6.70. The Hall–Kier alpha value is -0.728. The second-order valence-corrected chi connectivity index (χ2v) is 3.91. The van der Waals surface area contributed by atoms with E-state index in [-0.39, 0.29) is 23.3 Å². The summed E-state index contributed by atoms with van der Waals surface area (Å²) in [7, 11) is 3.20. The zero-order chi connectivity index (χ0) is 11.4. The van der Waals surface area contributed by atoms with Gasteiger partial charge >= 0.3 is 6.09 Å². The molecular formula is C9H17CrN2O3-. The molecule has 2 amide bonds. The van der Waals surface area contributed by atoms with Crippen LogP contribution in [-0.4, -0.2) is 23.6 Å². The van der Waals surface area contributed by atoms with Crippen molar-refractivity contribution in [2.24, 2.45) is 0 Å². The fourth-order valence-corrected chi connectivity index (χ4v) is 0.703. The van der Waals surface area contributed by atoms with Gasteiger partial charge in [0.2, 0.25) is 5.91 Å². The molecule has 1 atom stereocenters. The molecule has 0 aliphatic heterocycles. The monoisotopic (exact) mass is 253 g/mol. The summed E-state index contributed by atoms with van der Waals surface area (Å²) in [4.78, 5) is 22.1. The maximum absolute atomic E-state index is 11.2. The molecule has 0 rings (SSSR count). The first-order valence-corrected chi connectivity index (χ1v) is 4.32. The molecule has 0 saturated heterocycles. The Labute approximate surface area is 101 Å². The summed E-state index contributed by atoms with van der Waals surface area (Å²) in [6.45, 7) is 6.79. The van der Waals surface area contributed by atoms with E-state index >= 15 is 0 Å². The minimum atomic E-state index is -0.651. The molecule has 0 bridgehead atoms. The number of carbonyl (C=O) groups is 2. The Balaban J connectivity index is 0. The maximum Gasteiger partial charge on any atom is 0.408 e. The van der Waals surface area contributed by atoms with Crippen LogP contribution in [0.1, 0.15) is 27.7 Å². The van der Waals surface area contributed by atoms with E-state index in [2.05, 4.69) is 17.7 Å². The SMILES string of the molecule is [CH2-]NC(=O)C(C)NC(=O)OC(C)(C)C.[Cr]. The van der Waals surface area contributed by atoms with Crippen molar-refractivity contribution in [1.29, 1.82) is 0 Å². The van der Waals surface area contributed by atoms with Crippen molar-refractivity contribution in [1.82, 2.24) is 10.6 Å². The molecule has 88 valence electrons. The van der Waals surface area contributed by atoms with Crippen molar-refractivity contribution in [2.45, 2.75) is 39.3 Å². The summed E-state index contributed by atoms with van der Waals surface area (Å²) in [5.41, 5.74) is -0.565. The number of carbonyl (C=O) groups excluding carboxylic acids is 2. The van der Waals surface area contributed by atoms with Crippen LogP contribution in [0.4, 0.5) is 4.79 Å². The van der Waals surface area contributed by atoms with E-state index < -0.39 is 17.7 Å². The number of rotatable bonds is 2. The molecule has 0 aromatic rings. The average molecular weight is 253 g/mol. The quantitative estimate of drug-likeness (QED) is 0.715. The third-order valence-electron chi connectivity index (χ3n) is 1.30. The van der Waals surface area contributed by atoms with Crippen molar-refractivity contribution in [3.05, 3.63) is 7.05 Å². The van der Waals surface area contributed by atoms with Crippen molar-refractivity contribution < 1.29 is 31.7 Å². The molecule has 0 spiro atoms. The Bertz CT molecular complexity index is 226. The molecule has 0 aliphatic carbocycles. The second-order valence-electron chi connectivity index (χ2n) is 3.91. The van der Waals surface area contributed by atoms with E-state index in [0.717, 1.165) is 0 Å². The van der Waals surface area contributed by atoms with Gasteiger partial charge in [-0.2, -0.15) is 0 Å². The van der Waals surface area contributed by atoms with E-state index in [1.165, 1.54) is 0 Å². The zero-order valence-electron chi connectivity index (χ0n) is 9.42. The number of amides is 2. The standard InChI is InChI=1S/C9H17N2O3.Cr/c1-6(7(12)10-5)11-8(13)14-9(2,3)4;/h6H,5H2,1-4H3,(H,10,12)(H,11,13);/q-1;. The van der Waals surface area contributed by atoms with Crippen molar-refractivity contribution in [3.63, 3.8) is 0 Å². The van der Waals surface area contributed by atoms with Gasteiger partial charge in [-0.05, 0) is 27.7 Å². The van der Waals surface area contributed by atoms with Gasteiger partial charge in [-0.1, -0.05) is 0 Å². The zero-order valence-corrected chi connectivity index (χ0v) is 10.7. The minimum Gasteiger partial charge on any atom is -0.507 e. The summed E-state index contributed by atoms with van der Waals surface area (Å²) in [5, 5.41) is 4.55. The maximum atomic E-state index is 11.2. The van der Waals surface area contributed by atoms with Crippen LogP contribution in [0.3, 0.4) is 0 Å². The predicted octanol–water partition coefficient (Wildman–Crippen LogP) is 0.805. The van der Waals surface area contributed by atoms with Crippen molar-refractivity contribution in [2.75, 3.05) is 0 Å². The number of nitrogens with one attached hydrogen (secondary N) is 2. The average Bonchev–Trinajstić information content (AvgIpc) is 1.99. The van der Waals surface area contributed by atoms with Crippen LogP contribution in [0.2, 0.25) is 0 Å². The molecule has 0 heterocycles. The third kappa shape index (κ3) is 8.28. The first-order valence-electron chi connectivity index (χ1n) is 4.32. The fraction of sp³-hybridized carbons (Fsp3) is 0.667. The van der Waals surface area contributed by atoms with E-state index in [1.807, 2.05) is 0 Å². The molecule has 0 fully saturated rings. The Morgan fingerprint density at radius 3 is 2.13 bits per heavy atom. The summed E-state index contributed by atoms with van der Waals surface area (Å²) < 4.78 is 4.95. The first kappa shape index (κ1) is 16.7.